The van der Waals surface area contributed by atoms with Gasteiger partial charge in [-0.1, -0.05) is 0 Å². The highest BCUT2D eigenvalue weighted by atomic mass is 32.1. The van der Waals surface area contributed by atoms with E-state index in [4.69, 9.17) is 15.3 Å². The number of thiazole rings is 1. The van der Waals surface area contributed by atoms with Crippen molar-refractivity contribution in [3.63, 3.8) is 0 Å². The minimum absolute atomic E-state index is 0.0698. The zero-order chi connectivity index (χ0) is 11.7. The number of aryl methyl sites for hydroxylation is 2. The molecule has 1 unspecified atom stereocenters. The summed E-state index contributed by atoms with van der Waals surface area (Å²) in [5.74, 6) is 1.61. The molecule has 2 aromatic rings. The highest BCUT2D eigenvalue weighted by Gasteiger charge is 2.16. The summed E-state index contributed by atoms with van der Waals surface area (Å²) in [6.45, 7) is 3.71. The molecular weight excluding hydrogens is 224 g/mol. The van der Waals surface area contributed by atoms with Crippen LogP contribution in [0.4, 0.5) is 0 Å². The van der Waals surface area contributed by atoms with E-state index in [1.165, 1.54) is 11.3 Å². The first-order chi connectivity index (χ1) is 7.61. The molecule has 2 aromatic heterocycles. The van der Waals surface area contributed by atoms with Crippen LogP contribution in [0.1, 0.15) is 22.4 Å². The smallest absolute Gasteiger partial charge is 0.162 e. The lowest BCUT2D eigenvalue weighted by molar-refractivity contribution is 0.269. The Hall–Kier alpha value is -1.17. The lowest BCUT2D eigenvalue weighted by Gasteiger charge is -2.04. The SMILES string of the molecule is Cc1ccc(-c2nc(C)c(C(N)CO)s2)o1. The van der Waals surface area contributed by atoms with Gasteiger partial charge in [-0.05, 0) is 26.0 Å². The third-order valence-electron chi connectivity index (χ3n) is 2.32. The van der Waals surface area contributed by atoms with Gasteiger partial charge in [-0.2, -0.15) is 0 Å². The maximum absolute atomic E-state index is 9.03. The van der Waals surface area contributed by atoms with Gasteiger partial charge in [-0.15, -0.1) is 11.3 Å². The highest BCUT2D eigenvalue weighted by Crippen LogP contribution is 2.31. The minimum Gasteiger partial charge on any atom is -0.459 e. The lowest BCUT2D eigenvalue weighted by atomic mass is 10.2. The summed E-state index contributed by atoms with van der Waals surface area (Å²) < 4.78 is 5.50. The zero-order valence-corrected chi connectivity index (χ0v) is 10.0. The van der Waals surface area contributed by atoms with Crippen molar-refractivity contribution in [3.05, 3.63) is 28.5 Å². The molecule has 0 bridgehead atoms. The molecule has 0 aromatic carbocycles. The molecule has 5 heteroatoms. The Kier molecular flexibility index (Phi) is 3.09. The van der Waals surface area contributed by atoms with E-state index in [0.29, 0.717) is 0 Å². The molecule has 0 aliphatic rings. The molecule has 0 saturated carbocycles. The summed E-state index contributed by atoms with van der Waals surface area (Å²) in [4.78, 5) is 5.31. The van der Waals surface area contributed by atoms with Crippen molar-refractivity contribution in [2.24, 2.45) is 5.73 Å². The van der Waals surface area contributed by atoms with Crippen molar-refractivity contribution in [1.82, 2.24) is 4.98 Å². The largest absolute Gasteiger partial charge is 0.459 e. The Morgan fingerprint density at radius 3 is 2.81 bits per heavy atom. The lowest BCUT2D eigenvalue weighted by Crippen LogP contribution is -2.13. The van der Waals surface area contributed by atoms with Crippen LogP contribution >= 0.6 is 11.3 Å². The first-order valence-electron chi connectivity index (χ1n) is 5.02. The monoisotopic (exact) mass is 238 g/mol. The fraction of sp³-hybridized carbons (Fsp3) is 0.364. The predicted octanol–water partition coefficient (Wildman–Crippen LogP) is 2.01. The van der Waals surface area contributed by atoms with Gasteiger partial charge < -0.3 is 15.3 Å². The number of aromatic nitrogens is 1. The van der Waals surface area contributed by atoms with Crippen LogP contribution in [0.3, 0.4) is 0 Å². The highest BCUT2D eigenvalue weighted by molar-refractivity contribution is 7.15. The van der Waals surface area contributed by atoms with Gasteiger partial charge in [-0.25, -0.2) is 4.98 Å². The fourth-order valence-corrected chi connectivity index (χ4v) is 2.51. The molecule has 2 heterocycles. The Morgan fingerprint density at radius 2 is 2.25 bits per heavy atom. The van der Waals surface area contributed by atoms with Crippen LogP contribution in [0.15, 0.2) is 16.5 Å². The van der Waals surface area contributed by atoms with E-state index < -0.39 is 0 Å². The Labute approximate surface area is 97.7 Å². The number of furan rings is 1. The van der Waals surface area contributed by atoms with Gasteiger partial charge in [0.2, 0.25) is 0 Å². The summed E-state index contributed by atoms with van der Waals surface area (Å²) in [6, 6.07) is 3.43. The van der Waals surface area contributed by atoms with Gasteiger partial charge in [0.25, 0.3) is 0 Å². The number of hydrogen-bond donors (Lipinski definition) is 2. The van der Waals surface area contributed by atoms with Crippen LogP contribution in [0.5, 0.6) is 0 Å². The van der Waals surface area contributed by atoms with Gasteiger partial charge in [0.05, 0.1) is 18.3 Å². The molecule has 16 heavy (non-hydrogen) atoms. The van der Waals surface area contributed by atoms with E-state index in [0.717, 1.165) is 27.1 Å². The third-order valence-corrected chi connectivity index (χ3v) is 3.62. The Balaban J connectivity index is 2.37. The van der Waals surface area contributed by atoms with Crippen LogP contribution in [-0.2, 0) is 0 Å². The second kappa shape index (κ2) is 4.37. The molecule has 1 atom stereocenters. The summed E-state index contributed by atoms with van der Waals surface area (Å²) in [5.41, 5.74) is 6.64. The summed E-state index contributed by atoms with van der Waals surface area (Å²) in [5, 5.41) is 9.84. The van der Waals surface area contributed by atoms with E-state index in [9.17, 15) is 0 Å². The molecule has 0 amide bonds. The second-order valence-electron chi connectivity index (χ2n) is 3.67. The van der Waals surface area contributed by atoms with E-state index in [1.807, 2.05) is 26.0 Å². The third kappa shape index (κ3) is 2.02. The predicted molar refractivity (Wildman–Crippen MR) is 63.3 cm³/mol. The van der Waals surface area contributed by atoms with Crippen molar-refractivity contribution in [2.45, 2.75) is 19.9 Å². The topological polar surface area (TPSA) is 72.3 Å². The quantitative estimate of drug-likeness (QED) is 0.858. The summed E-state index contributed by atoms with van der Waals surface area (Å²) in [7, 11) is 0. The van der Waals surface area contributed by atoms with Crippen molar-refractivity contribution < 1.29 is 9.52 Å². The molecule has 0 saturated heterocycles. The number of hydrogen-bond acceptors (Lipinski definition) is 5. The number of aliphatic hydroxyl groups excluding tert-OH is 1. The molecular formula is C11H14N2O2S. The van der Waals surface area contributed by atoms with Crippen LogP contribution < -0.4 is 5.73 Å². The Morgan fingerprint density at radius 1 is 1.50 bits per heavy atom. The van der Waals surface area contributed by atoms with Gasteiger partial charge in [0, 0.05) is 4.88 Å². The van der Waals surface area contributed by atoms with Crippen LogP contribution in [0.25, 0.3) is 10.8 Å². The van der Waals surface area contributed by atoms with Crippen molar-refractivity contribution in [2.75, 3.05) is 6.61 Å². The van der Waals surface area contributed by atoms with E-state index in [1.54, 1.807) is 0 Å². The van der Waals surface area contributed by atoms with Crippen LogP contribution in [0, 0.1) is 13.8 Å². The van der Waals surface area contributed by atoms with Crippen molar-refractivity contribution >= 4 is 11.3 Å². The molecule has 0 aliphatic carbocycles. The number of nitrogens with zero attached hydrogens (tertiary/aromatic N) is 1. The van der Waals surface area contributed by atoms with Crippen molar-refractivity contribution in [3.8, 4) is 10.8 Å². The molecule has 4 nitrogen and oxygen atoms in total. The molecule has 2 rings (SSSR count). The van der Waals surface area contributed by atoms with Crippen LogP contribution in [0.2, 0.25) is 0 Å². The zero-order valence-electron chi connectivity index (χ0n) is 9.23. The van der Waals surface area contributed by atoms with E-state index in [2.05, 4.69) is 4.98 Å². The first-order valence-corrected chi connectivity index (χ1v) is 5.84. The minimum atomic E-state index is -0.359. The molecule has 86 valence electrons. The maximum Gasteiger partial charge on any atom is 0.162 e. The van der Waals surface area contributed by atoms with Crippen LogP contribution in [-0.4, -0.2) is 16.7 Å². The molecule has 0 radical (unpaired) electrons. The normalized spacial score (nSPS) is 13.0. The number of rotatable bonds is 3. The van der Waals surface area contributed by atoms with Gasteiger partial charge in [0.15, 0.2) is 10.8 Å². The average molecular weight is 238 g/mol. The summed E-state index contributed by atoms with van der Waals surface area (Å²) in [6.07, 6.45) is 0. The standard InChI is InChI=1S/C11H14N2O2S/c1-6-3-4-9(15-6)11-13-7(2)10(16-11)8(12)5-14/h3-4,8,14H,5,12H2,1-2H3. The number of aliphatic hydroxyl groups is 1. The van der Waals surface area contributed by atoms with Gasteiger partial charge in [0.1, 0.15) is 5.76 Å². The molecule has 0 spiro atoms. The van der Waals surface area contributed by atoms with E-state index in [-0.39, 0.29) is 12.6 Å². The van der Waals surface area contributed by atoms with E-state index >= 15 is 0 Å². The van der Waals surface area contributed by atoms with Gasteiger partial charge in [-0.3, -0.25) is 0 Å². The van der Waals surface area contributed by atoms with Gasteiger partial charge >= 0.3 is 0 Å². The van der Waals surface area contributed by atoms with Crippen molar-refractivity contribution in [1.29, 1.82) is 0 Å². The molecule has 0 aliphatic heterocycles. The first kappa shape index (κ1) is 11.3. The second-order valence-corrected chi connectivity index (χ2v) is 4.70. The number of nitrogens with two attached hydrogens (primary N) is 1. The fourth-order valence-electron chi connectivity index (χ4n) is 1.49. The molecule has 3 N–H and O–H groups in total. The Bertz CT molecular complexity index is 490. The summed E-state index contributed by atoms with van der Waals surface area (Å²) >= 11 is 1.47. The average Bonchev–Trinajstić information content (AvgIpc) is 2.83. The maximum atomic E-state index is 9.03. The molecule has 0 fully saturated rings.